The van der Waals surface area contributed by atoms with Crippen molar-refractivity contribution in [1.29, 1.82) is 0 Å². The third-order valence-corrected chi connectivity index (χ3v) is 9.47. The Morgan fingerprint density at radius 1 is 1.22 bits per heavy atom. The van der Waals surface area contributed by atoms with Crippen molar-refractivity contribution in [1.82, 2.24) is 0 Å². The lowest BCUT2D eigenvalue weighted by Gasteiger charge is -2.51. The number of ether oxygens (including phenoxy) is 2. The van der Waals surface area contributed by atoms with Crippen LogP contribution in [0, 0.1) is 0 Å². The molecule has 160 valence electrons. The van der Waals surface area contributed by atoms with Gasteiger partial charge in [-0.2, -0.15) is 0 Å². The highest BCUT2D eigenvalue weighted by molar-refractivity contribution is 6.76. The van der Waals surface area contributed by atoms with E-state index in [1.165, 1.54) is 0 Å². The second-order valence-electron chi connectivity index (χ2n) is 9.60. The van der Waals surface area contributed by atoms with Gasteiger partial charge in [-0.05, 0) is 53.1 Å². The van der Waals surface area contributed by atoms with E-state index in [0.717, 1.165) is 29.0 Å². The molecular weight excluding hydrogens is 392 g/mol. The fraction of sp³-hybridized carbons (Fsp3) is 0.842. The van der Waals surface area contributed by atoms with Crippen LogP contribution < -0.4 is 0 Å². The van der Waals surface area contributed by atoms with Crippen molar-refractivity contribution in [3.63, 3.8) is 0 Å². The topological polar surface area (TPSA) is 65.0 Å². The molecule has 2 atom stereocenters. The number of hydrogen-bond donors (Lipinski definition) is 1. The van der Waals surface area contributed by atoms with Gasteiger partial charge in [-0.3, -0.25) is 0 Å². The molecule has 0 aromatic rings. The molecule has 0 saturated heterocycles. The van der Waals surface area contributed by atoms with Gasteiger partial charge in [-0.1, -0.05) is 32.6 Å². The molecule has 2 unspecified atom stereocenters. The van der Waals surface area contributed by atoms with Crippen LogP contribution in [0.2, 0.25) is 31.7 Å². The van der Waals surface area contributed by atoms with Crippen molar-refractivity contribution in [3.05, 3.63) is 12.2 Å². The molecule has 0 fully saturated rings. The average Bonchev–Trinajstić information content (AvgIpc) is 2.48. The van der Waals surface area contributed by atoms with Gasteiger partial charge >= 0.3 is 5.97 Å². The third-order valence-electron chi connectivity index (χ3n) is 5.35. The smallest absolute Gasteiger partial charge is 0.333 e. The molecule has 0 saturated carbocycles. The maximum atomic E-state index is 12.4. The summed E-state index contributed by atoms with van der Waals surface area (Å²) in [5.41, 5.74) is -2.99. The average molecular weight is 435 g/mol. The van der Waals surface area contributed by atoms with Gasteiger partial charge in [0, 0.05) is 20.3 Å². The summed E-state index contributed by atoms with van der Waals surface area (Å²) < 4.78 is 17.7. The van der Waals surface area contributed by atoms with E-state index in [0.29, 0.717) is 18.6 Å². The molecule has 0 bridgehead atoms. The summed E-state index contributed by atoms with van der Waals surface area (Å²) in [6.45, 7) is 19.9. The van der Waals surface area contributed by atoms with Gasteiger partial charge in [0.25, 0.3) is 0 Å². The first kappa shape index (κ1) is 26.7. The molecule has 0 spiro atoms. The van der Waals surface area contributed by atoms with E-state index in [4.69, 9.17) is 13.6 Å². The van der Waals surface area contributed by atoms with Crippen LogP contribution in [0.15, 0.2) is 12.2 Å². The molecule has 8 heteroatoms. The van der Waals surface area contributed by atoms with Crippen LogP contribution in [0.3, 0.4) is 0 Å². The van der Waals surface area contributed by atoms with Crippen LogP contribution in [0.25, 0.3) is 0 Å². The summed E-state index contributed by atoms with van der Waals surface area (Å²) in [6.07, 6.45) is 1.62. The van der Waals surface area contributed by atoms with Gasteiger partial charge in [-0.25, -0.2) is 4.79 Å². The molecule has 0 rings (SSSR count). The lowest BCUT2D eigenvalue weighted by molar-refractivity contribution is -0.252. The summed E-state index contributed by atoms with van der Waals surface area (Å²) in [5.74, 6) is -0.503. The van der Waals surface area contributed by atoms with Gasteiger partial charge in [0.2, 0.25) is 0 Å². The summed E-state index contributed by atoms with van der Waals surface area (Å²) in [5, 5.41) is 11.0. The standard InChI is InChI=1S/C19H42O5Si3/c1-15(2)16(20)23-19(6,17(3,4)21)18(5,11-10-13-26-24-25)22-12-14-27(7,8)9/h21H,1,10-14,26H2,2-9,25H3. The van der Waals surface area contributed by atoms with E-state index in [-0.39, 0.29) is 0 Å². The monoisotopic (exact) mass is 434 g/mol. The zero-order valence-corrected chi connectivity index (χ0v) is 23.4. The van der Waals surface area contributed by atoms with E-state index in [2.05, 4.69) is 26.2 Å². The van der Waals surface area contributed by atoms with E-state index >= 15 is 0 Å². The fourth-order valence-corrected chi connectivity index (χ4v) is 5.22. The van der Waals surface area contributed by atoms with E-state index in [1.807, 2.05) is 6.92 Å². The molecule has 0 aromatic heterocycles. The largest absolute Gasteiger partial charge is 0.468 e. The zero-order chi connectivity index (χ0) is 21.5. The molecule has 0 radical (unpaired) electrons. The Kier molecular flexibility index (Phi) is 10.4. The van der Waals surface area contributed by atoms with E-state index in [9.17, 15) is 9.90 Å². The summed E-state index contributed by atoms with van der Waals surface area (Å²) >= 11 is 0. The number of esters is 1. The zero-order valence-electron chi connectivity index (χ0n) is 19.0. The third kappa shape index (κ3) is 8.33. The first-order valence-corrected chi connectivity index (χ1v) is 15.9. The highest BCUT2D eigenvalue weighted by Gasteiger charge is 2.57. The molecule has 0 aliphatic carbocycles. The maximum absolute atomic E-state index is 12.4. The Bertz CT molecular complexity index is 499. The predicted molar refractivity (Wildman–Crippen MR) is 122 cm³/mol. The van der Waals surface area contributed by atoms with Gasteiger partial charge in [0.15, 0.2) is 5.60 Å². The molecule has 5 nitrogen and oxygen atoms in total. The van der Waals surface area contributed by atoms with Crippen molar-refractivity contribution >= 4 is 34.3 Å². The first-order valence-electron chi connectivity index (χ1n) is 9.84. The van der Waals surface area contributed by atoms with Crippen molar-refractivity contribution in [3.8, 4) is 0 Å². The van der Waals surface area contributed by atoms with Crippen molar-refractivity contribution in [2.75, 3.05) is 6.61 Å². The van der Waals surface area contributed by atoms with Gasteiger partial charge < -0.3 is 18.7 Å². The van der Waals surface area contributed by atoms with Crippen LogP contribution in [0.1, 0.15) is 47.5 Å². The van der Waals surface area contributed by atoms with Crippen molar-refractivity contribution in [2.45, 2.75) is 96.0 Å². The molecule has 0 aromatic carbocycles. The van der Waals surface area contributed by atoms with Crippen LogP contribution in [0.4, 0.5) is 0 Å². The molecule has 0 aliphatic rings. The summed E-state index contributed by atoms with van der Waals surface area (Å²) in [7, 11) is -0.959. The normalized spacial score (nSPS) is 17.7. The summed E-state index contributed by atoms with van der Waals surface area (Å²) in [6, 6.07) is 2.06. The lowest BCUT2D eigenvalue weighted by atomic mass is 9.72. The molecule has 27 heavy (non-hydrogen) atoms. The Balaban J connectivity index is 5.73. The lowest BCUT2D eigenvalue weighted by Crippen LogP contribution is -2.66. The molecule has 0 heterocycles. The first-order chi connectivity index (χ1) is 12.1. The van der Waals surface area contributed by atoms with Gasteiger partial charge in [0.1, 0.15) is 31.5 Å². The number of hydrogen-bond acceptors (Lipinski definition) is 5. The summed E-state index contributed by atoms with van der Waals surface area (Å²) in [4.78, 5) is 12.4. The van der Waals surface area contributed by atoms with Gasteiger partial charge in [-0.15, -0.1) is 0 Å². The number of aliphatic hydroxyl groups is 1. The highest BCUT2D eigenvalue weighted by Crippen LogP contribution is 2.42. The number of rotatable bonds is 13. The Morgan fingerprint density at radius 3 is 2.19 bits per heavy atom. The fourth-order valence-electron chi connectivity index (χ4n) is 2.89. The maximum Gasteiger partial charge on any atom is 0.333 e. The minimum absolute atomic E-state index is 0.312. The van der Waals surface area contributed by atoms with E-state index in [1.54, 1.807) is 27.7 Å². The molecule has 0 aliphatic heterocycles. The molecule has 1 N–H and O–H groups in total. The van der Waals surface area contributed by atoms with Crippen LogP contribution in [-0.4, -0.2) is 62.8 Å². The Labute approximate surface area is 172 Å². The predicted octanol–water partition coefficient (Wildman–Crippen LogP) is 2.33. The minimum atomic E-state index is -1.28. The molecular formula is C19H42O5Si3. The number of carbonyl (C=O) groups is 1. The number of carbonyl (C=O) groups excluding carboxylic acids is 1. The highest BCUT2D eigenvalue weighted by atomic mass is 28.3. The second kappa shape index (κ2) is 10.5. The van der Waals surface area contributed by atoms with Crippen LogP contribution in [0.5, 0.6) is 0 Å². The van der Waals surface area contributed by atoms with Gasteiger partial charge in [0.05, 0.1) is 0 Å². The Hall–Kier alpha value is -0.259. The van der Waals surface area contributed by atoms with Crippen molar-refractivity contribution in [2.24, 2.45) is 0 Å². The molecule has 0 amide bonds. The van der Waals surface area contributed by atoms with Crippen LogP contribution >= 0.6 is 0 Å². The van der Waals surface area contributed by atoms with E-state index < -0.39 is 40.6 Å². The van der Waals surface area contributed by atoms with Crippen LogP contribution in [-0.2, 0) is 18.4 Å². The Morgan fingerprint density at radius 2 is 1.78 bits per heavy atom. The van der Waals surface area contributed by atoms with Crippen molar-refractivity contribution < 1.29 is 23.5 Å². The SMILES string of the molecule is C=C(C)C(=O)OC(C)(C(C)(C)O)C(C)(CCC[SiH2]O[SiH3])OCC[Si](C)(C)C. The second-order valence-corrected chi connectivity index (χ2v) is 18.6. The minimum Gasteiger partial charge on any atom is -0.468 e. The quantitative estimate of drug-likeness (QED) is 0.209.